The summed E-state index contributed by atoms with van der Waals surface area (Å²) in [5, 5.41) is 7.17. The molecule has 0 spiro atoms. The molecule has 1 aliphatic heterocycles. The molecule has 3 aromatic rings. The molecule has 11 heteroatoms. The number of nitrogen functional groups attached to an aromatic ring is 1. The number of aromatic nitrogens is 5. The van der Waals surface area contributed by atoms with Crippen molar-refractivity contribution in [2.45, 2.75) is 26.5 Å². The zero-order chi connectivity index (χ0) is 22.3. The summed E-state index contributed by atoms with van der Waals surface area (Å²) >= 11 is 0. The van der Waals surface area contributed by atoms with Crippen LogP contribution >= 0.6 is 0 Å². The van der Waals surface area contributed by atoms with E-state index in [0.717, 1.165) is 18.8 Å². The van der Waals surface area contributed by atoms with E-state index >= 15 is 0 Å². The van der Waals surface area contributed by atoms with Crippen molar-refractivity contribution in [1.29, 1.82) is 0 Å². The summed E-state index contributed by atoms with van der Waals surface area (Å²) in [4.78, 5) is 29.1. The average Bonchev–Trinajstić information content (AvgIpc) is 3.25. The quantitative estimate of drug-likeness (QED) is 0.574. The Balaban J connectivity index is 1.33. The van der Waals surface area contributed by atoms with Crippen LogP contribution in [-0.2, 0) is 13.2 Å². The number of piperazine rings is 1. The molecule has 3 aromatic heterocycles. The highest BCUT2D eigenvalue weighted by Gasteiger charge is 2.24. The highest BCUT2D eigenvalue weighted by molar-refractivity contribution is 5.89. The number of carbonyl (C=O) groups excluding carboxylic acids is 1. The number of nitrogens with one attached hydrogen (secondary N) is 1. The van der Waals surface area contributed by atoms with E-state index in [9.17, 15) is 4.79 Å². The van der Waals surface area contributed by atoms with E-state index < -0.39 is 0 Å². The maximum atomic E-state index is 12.6. The molecule has 3 N–H and O–H groups in total. The van der Waals surface area contributed by atoms with E-state index in [1.54, 1.807) is 29.6 Å². The maximum Gasteiger partial charge on any atom is 0.322 e. The monoisotopic (exact) mass is 437 g/mol. The molecular formula is C21H27N9O2. The normalized spacial score (nSPS) is 13.8. The van der Waals surface area contributed by atoms with Gasteiger partial charge in [-0.3, -0.25) is 4.68 Å². The molecule has 32 heavy (non-hydrogen) atoms. The molecule has 0 aromatic carbocycles. The Hall–Kier alpha value is -3.89. The van der Waals surface area contributed by atoms with Crippen LogP contribution in [0.3, 0.4) is 0 Å². The van der Waals surface area contributed by atoms with E-state index in [4.69, 9.17) is 10.5 Å². The van der Waals surface area contributed by atoms with Crippen LogP contribution in [0.2, 0.25) is 0 Å². The lowest BCUT2D eigenvalue weighted by Crippen LogP contribution is -2.50. The third-order valence-corrected chi connectivity index (χ3v) is 5.06. The van der Waals surface area contributed by atoms with Crippen molar-refractivity contribution < 1.29 is 9.53 Å². The van der Waals surface area contributed by atoms with Crippen LogP contribution < -0.4 is 20.7 Å². The van der Waals surface area contributed by atoms with Gasteiger partial charge in [0.05, 0.1) is 17.6 Å². The van der Waals surface area contributed by atoms with Crippen LogP contribution in [0.5, 0.6) is 5.75 Å². The van der Waals surface area contributed by atoms with Crippen molar-refractivity contribution in [3.05, 3.63) is 48.7 Å². The molecule has 1 aliphatic rings. The molecule has 4 heterocycles. The number of rotatable bonds is 7. The summed E-state index contributed by atoms with van der Waals surface area (Å²) in [6, 6.07) is 5.34. The van der Waals surface area contributed by atoms with Gasteiger partial charge in [-0.05, 0) is 24.6 Å². The highest BCUT2D eigenvalue weighted by atomic mass is 16.5. The highest BCUT2D eigenvalue weighted by Crippen LogP contribution is 2.27. The summed E-state index contributed by atoms with van der Waals surface area (Å²) in [7, 11) is 0. The van der Waals surface area contributed by atoms with Crippen molar-refractivity contribution in [2.24, 2.45) is 0 Å². The standard InChI is InChI=1S/C21H27N9O2/c1-2-8-30-14-17(13-25-30)27-21(31)29-11-9-28(10-12-29)19-18(4-3-6-23-19)32-15-16-5-7-24-20(22)26-16/h3-7,13-14H,2,8-12,15H2,1H3,(H,27,31)(H2,22,24,26). The summed E-state index contributed by atoms with van der Waals surface area (Å²) in [6.45, 7) is 5.63. The smallest absolute Gasteiger partial charge is 0.322 e. The van der Waals surface area contributed by atoms with E-state index in [-0.39, 0.29) is 18.6 Å². The molecule has 0 bridgehead atoms. The molecule has 1 saturated heterocycles. The predicted molar refractivity (Wildman–Crippen MR) is 120 cm³/mol. The van der Waals surface area contributed by atoms with Gasteiger partial charge in [-0.1, -0.05) is 6.92 Å². The largest absolute Gasteiger partial charge is 0.483 e. The minimum Gasteiger partial charge on any atom is -0.483 e. The number of amides is 2. The molecule has 168 valence electrons. The van der Waals surface area contributed by atoms with Crippen molar-refractivity contribution in [2.75, 3.05) is 42.1 Å². The fraction of sp³-hybridized carbons (Fsp3) is 0.381. The third-order valence-electron chi connectivity index (χ3n) is 5.06. The summed E-state index contributed by atoms with van der Waals surface area (Å²) < 4.78 is 7.78. The van der Waals surface area contributed by atoms with E-state index in [1.807, 2.05) is 23.0 Å². The molecule has 0 saturated carbocycles. The number of nitrogens with two attached hydrogens (primary N) is 1. The Labute approximate surface area is 186 Å². The Morgan fingerprint density at radius 2 is 2.03 bits per heavy atom. The second-order valence-corrected chi connectivity index (χ2v) is 7.42. The molecule has 0 unspecified atom stereocenters. The molecule has 0 atom stereocenters. The first-order valence-electron chi connectivity index (χ1n) is 10.6. The fourth-order valence-corrected chi connectivity index (χ4v) is 3.48. The lowest BCUT2D eigenvalue weighted by Gasteiger charge is -2.35. The predicted octanol–water partition coefficient (Wildman–Crippen LogP) is 1.99. The van der Waals surface area contributed by atoms with E-state index in [1.165, 1.54) is 0 Å². The van der Waals surface area contributed by atoms with E-state index in [2.05, 4.69) is 37.2 Å². The van der Waals surface area contributed by atoms with Crippen molar-refractivity contribution in [1.82, 2.24) is 29.6 Å². The van der Waals surface area contributed by atoms with Gasteiger partial charge < -0.3 is 25.6 Å². The van der Waals surface area contributed by atoms with Gasteiger partial charge in [0, 0.05) is 51.3 Å². The number of aryl methyl sites for hydroxylation is 1. The number of pyridine rings is 1. The SMILES string of the molecule is CCCn1cc(NC(=O)N2CCN(c3ncccc3OCc3ccnc(N)n3)CC2)cn1. The second kappa shape index (κ2) is 9.94. The van der Waals surface area contributed by atoms with Crippen LogP contribution in [0, 0.1) is 0 Å². The summed E-state index contributed by atoms with van der Waals surface area (Å²) in [5.74, 6) is 1.62. The number of hydrogen-bond acceptors (Lipinski definition) is 8. The van der Waals surface area contributed by atoms with Crippen molar-refractivity contribution in [3.8, 4) is 5.75 Å². The minimum absolute atomic E-state index is 0.125. The topological polar surface area (TPSA) is 127 Å². The molecule has 0 radical (unpaired) electrons. The van der Waals surface area contributed by atoms with Crippen LogP contribution in [0.15, 0.2) is 43.0 Å². The number of ether oxygens (including phenoxy) is 1. The van der Waals surface area contributed by atoms with Gasteiger partial charge in [-0.15, -0.1) is 0 Å². The number of hydrogen-bond donors (Lipinski definition) is 2. The van der Waals surface area contributed by atoms with Crippen LogP contribution in [0.25, 0.3) is 0 Å². The lowest BCUT2D eigenvalue weighted by atomic mass is 10.3. The zero-order valence-corrected chi connectivity index (χ0v) is 18.0. The minimum atomic E-state index is -0.125. The number of carbonyl (C=O) groups is 1. The van der Waals surface area contributed by atoms with Gasteiger partial charge in [0.2, 0.25) is 5.95 Å². The number of nitrogens with zero attached hydrogens (tertiary/aromatic N) is 7. The third kappa shape index (κ3) is 5.23. The Morgan fingerprint density at radius 3 is 2.81 bits per heavy atom. The van der Waals surface area contributed by atoms with Crippen molar-refractivity contribution >= 4 is 23.5 Å². The average molecular weight is 438 g/mol. The molecule has 4 rings (SSSR count). The lowest BCUT2D eigenvalue weighted by molar-refractivity contribution is 0.208. The molecule has 2 amide bonds. The summed E-state index contributed by atoms with van der Waals surface area (Å²) in [5.41, 5.74) is 7.03. The first kappa shape index (κ1) is 21.3. The first-order chi connectivity index (χ1) is 15.6. The van der Waals surface area contributed by atoms with Gasteiger partial charge >= 0.3 is 6.03 Å². The number of urea groups is 1. The number of anilines is 3. The van der Waals surface area contributed by atoms with Gasteiger partial charge in [-0.25, -0.2) is 19.7 Å². The summed E-state index contributed by atoms with van der Waals surface area (Å²) in [6.07, 6.45) is 7.85. The van der Waals surface area contributed by atoms with E-state index in [0.29, 0.717) is 43.3 Å². The van der Waals surface area contributed by atoms with Crippen molar-refractivity contribution in [3.63, 3.8) is 0 Å². The molecule has 1 fully saturated rings. The van der Waals surface area contributed by atoms with Gasteiger partial charge in [0.15, 0.2) is 11.6 Å². The Morgan fingerprint density at radius 1 is 1.19 bits per heavy atom. The van der Waals surface area contributed by atoms with Gasteiger partial charge in [0.25, 0.3) is 0 Å². The van der Waals surface area contributed by atoms with Gasteiger partial charge in [-0.2, -0.15) is 5.10 Å². The first-order valence-corrected chi connectivity index (χ1v) is 10.6. The zero-order valence-electron chi connectivity index (χ0n) is 18.0. The van der Waals surface area contributed by atoms with Crippen LogP contribution in [0.4, 0.5) is 22.2 Å². The van der Waals surface area contributed by atoms with Crippen LogP contribution in [-0.4, -0.2) is 61.8 Å². The maximum absolute atomic E-state index is 12.6. The molecule has 11 nitrogen and oxygen atoms in total. The molecular weight excluding hydrogens is 410 g/mol. The molecule has 0 aliphatic carbocycles. The second-order valence-electron chi connectivity index (χ2n) is 7.42. The Bertz CT molecular complexity index is 1050. The van der Waals surface area contributed by atoms with Crippen LogP contribution in [0.1, 0.15) is 19.0 Å². The van der Waals surface area contributed by atoms with Gasteiger partial charge in [0.1, 0.15) is 6.61 Å². The fourth-order valence-electron chi connectivity index (χ4n) is 3.48. The Kier molecular flexibility index (Phi) is 6.63.